The second-order valence-electron chi connectivity index (χ2n) is 6.05. The maximum Gasteiger partial charge on any atom is 0.410 e. The molecule has 7 heteroatoms. The summed E-state index contributed by atoms with van der Waals surface area (Å²) < 4.78 is 19.3. The summed E-state index contributed by atoms with van der Waals surface area (Å²) in [5.41, 5.74) is -0.557. The summed E-state index contributed by atoms with van der Waals surface area (Å²) in [6.45, 7) is 6.38. The maximum atomic E-state index is 13.7. The molecule has 0 aromatic carbocycles. The Kier molecular flexibility index (Phi) is 4.56. The minimum atomic E-state index is -0.977. The molecule has 2 unspecified atom stereocenters. The minimum absolute atomic E-state index is 0.0600. The Bertz CT molecular complexity index is 350. The van der Waals surface area contributed by atoms with Gasteiger partial charge in [-0.05, 0) is 20.8 Å². The van der Waals surface area contributed by atoms with E-state index in [1.807, 2.05) is 20.8 Å². The van der Waals surface area contributed by atoms with Crippen molar-refractivity contribution in [1.82, 2.24) is 15.5 Å². The normalized spacial score (nSPS) is 35.7. The summed E-state index contributed by atoms with van der Waals surface area (Å²) in [7, 11) is 0. The molecule has 0 aromatic heterocycles. The molecule has 2 N–H and O–H groups in total. The van der Waals surface area contributed by atoms with Crippen molar-refractivity contribution in [1.29, 1.82) is 0 Å². The molecule has 2 heterocycles. The summed E-state index contributed by atoms with van der Waals surface area (Å²) in [6, 6.07) is -0.190. The third-order valence-electron chi connectivity index (χ3n) is 3.18. The molecule has 2 aliphatic rings. The predicted molar refractivity (Wildman–Crippen MR) is 79.0 cm³/mol. The van der Waals surface area contributed by atoms with Crippen molar-refractivity contribution >= 4 is 28.7 Å². The van der Waals surface area contributed by atoms with E-state index in [4.69, 9.17) is 4.74 Å². The van der Waals surface area contributed by atoms with Crippen LogP contribution in [0.5, 0.6) is 0 Å². The zero-order valence-corrected chi connectivity index (χ0v) is 13.6. The maximum absolute atomic E-state index is 13.7. The van der Waals surface area contributed by atoms with E-state index >= 15 is 0 Å². The standard InChI is InChI=1S/C12H21FIN3O2/c1-12(2,3)19-11(18)17-6-7(13)4-8(17)10-15-5-9(14)16-10/h7-10,15-16H,4-6H2,1-3H3/t7-,8?,9?,10-/m0/s1. The SMILES string of the molecule is CC(C)(C)OC(=O)N1C[C@@H](F)CC1[C@H]1NCC(I)N1. The van der Waals surface area contributed by atoms with Crippen LogP contribution in [0.1, 0.15) is 27.2 Å². The molecule has 110 valence electrons. The van der Waals surface area contributed by atoms with E-state index in [2.05, 4.69) is 33.2 Å². The van der Waals surface area contributed by atoms with Crippen molar-refractivity contribution in [2.24, 2.45) is 0 Å². The topological polar surface area (TPSA) is 53.6 Å². The smallest absolute Gasteiger partial charge is 0.410 e. The largest absolute Gasteiger partial charge is 0.444 e. The third-order valence-corrected chi connectivity index (χ3v) is 3.98. The fourth-order valence-electron chi connectivity index (χ4n) is 2.45. The van der Waals surface area contributed by atoms with Gasteiger partial charge in [-0.1, -0.05) is 22.6 Å². The van der Waals surface area contributed by atoms with Crippen LogP contribution in [-0.2, 0) is 4.74 Å². The fourth-order valence-corrected chi connectivity index (χ4v) is 3.09. The molecule has 1 amide bonds. The van der Waals surface area contributed by atoms with Crippen LogP contribution in [0.3, 0.4) is 0 Å². The van der Waals surface area contributed by atoms with Crippen LogP contribution in [0.25, 0.3) is 0 Å². The van der Waals surface area contributed by atoms with Gasteiger partial charge in [0.15, 0.2) is 0 Å². The Morgan fingerprint density at radius 1 is 1.47 bits per heavy atom. The van der Waals surface area contributed by atoms with Crippen molar-refractivity contribution in [3.63, 3.8) is 0 Å². The monoisotopic (exact) mass is 385 g/mol. The van der Waals surface area contributed by atoms with Crippen LogP contribution >= 0.6 is 22.6 Å². The second-order valence-corrected chi connectivity index (χ2v) is 7.56. The van der Waals surface area contributed by atoms with Gasteiger partial charge in [0.2, 0.25) is 0 Å². The number of nitrogens with zero attached hydrogens (tertiary/aromatic N) is 1. The third kappa shape index (κ3) is 3.91. The molecular weight excluding hydrogens is 364 g/mol. The summed E-state index contributed by atoms with van der Waals surface area (Å²) in [4.78, 5) is 13.6. The molecule has 2 aliphatic heterocycles. The van der Waals surface area contributed by atoms with Gasteiger partial charge in [0.05, 0.1) is 22.8 Å². The average Bonchev–Trinajstić information content (AvgIpc) is 2.81. The van der Waals surface area contributed by atoms with Gasteiger partial charge in [0.25, 0.3) is 0 Å². The van der Waals surface area contributed by atoms with Gasteiger partial charge in [0.1, 0.15) is 11.8 Å². The molecule has 0 saturated carbocycles. The van der Waals surface area contributed by atoms with Gasteiger partial charge in [-0.2, -0.15) is 0 Å². The Labute approximate surface area is 126 Å². The highest BCUT2D eigenvalue weighted by Crippen LogP contribution is 2.26. The van der Waals surface area contributed by atoms with Gasteiger partial charge in [-0.25, -0.2) is 9.18 Å². The molecule has 0 aromatic rings. The van der Waals surface area contributed by atoms with Crippen molar-refractivity contribution in [2.75, 3.05) is 13.1 Å². The van der Waals surface area contributed by atoms with Crippen molar-refractivity contribution in [2.45, 2.75) is 55.2 Å². The number of ether oxygens (including phenoxy) is 1. The van der Waals surface area contributed by atoms with Crippen LogP contribution in [0.2, 0.25) is 0 Å². The van der Waals surface area contributed by atoms with Gasteiger partial charge >= 0.3 is 6.09 Å². The Morgan fingerprint density at radius 2 is 2.16 bits per heavy atom. The molecule has 2 saturated heterocycles. The number of hydrogen-bond donors (Lipinski definition) is 2. The van der Waals surface area contributed by atoms with Crippen LogP contribution in [0.15, 0.2) is 0 Å². The number of amides is 1. The lowest BCUT2D eigenvalue weighted by Crippen LogP contribution is -2.52. The average molecular weight is 385 g/mol. The van der Waals surface area contributed by atoms with Crippen LogP contribution in [0.4, 0.5) is 9.18 Å². The van der Waals surface area contributed by atoms with Crippen molar-refractivity contribution < 1.29 is 13.9 Å². The predicted octanol–water partition coefficient (Wildman–Crippen LogP) is 1.61. The van der Waals surface area contributed by atoms with E-state index in [1.54, 1.807) is 0 Å². The lowest BCUT2D eigenvalue weighted by atomic mass is 10.1. The van der Waals surface area contributed by atoms with E-state index < -0.39 is 17.9 Å². The zero-order chi connectivity index (χ0) is 14.2. The number of halogens is 2. The molecule has 4 atom stereocenters. The van der Waals surface area contributed by atoms with Gasteiger partial charge in [-0.3, -0.25) is 15.5 Å². The minimum Gasteiger partial charge on any atom is -0.444 e. The zero-order valence-electron chi connectivity index (χ0n) is 11.5. The number of hydrogen-bond acceptors (Lipinski definition) is 4. The van der Waals surface area contributed by atoms with E-state index in [9.17, 15) is 9.18 Å². The first kappa shape index (κ1) is 15.2. The lowest BCUT2D eigenvalue weighted by Gasteiger charge is -2.31. The molecular formula is C12H21FIN3O2. The quantitative estimate of drug-likeness (QED) is 0.409. The molecule has 0 bridgehead atoms. The van der Waals surface area contributed by atoms with Gasteiger partial charge in [-0.15, -0.1) is 0 Å². The molecule has 2 fully saturated rings. The number of alkyl halides is 2. The molecule has 19 heavy (non-hydrogen) atoms. The summed E-state index contributed by atoms with van der Waals surface area (Å²) in [5, 5.41) is 6.61. The van der Waals surface area contributed by atoms with Crippen molar-refractivity contribution in [3.05, 3.63) is 0 Å². The number of carbonyl (C=O) groups is 1. The molecule has 0 radical (unpaired) electrons. The molecule has 0 aliphatic carbocycles. The fraction of sp³-hybridized carbons (Fsp3) is 0.917. The first-order valence-electron chi connectivity index (χ1n) is 6.53. The van der Waals surface area contributed by atoms with Gasteiger partial charge in [0, 0.05) is 13.0 Å². The highest BCUT2D eigenvalue weighted by molar-refractivity contribution is 14.1. The van der Waals surface area contributed by atoms with Crippen molar-refractivity contribution in [3.8, 4) is 0 Å². The molecule has 0 spiro atoms. The Hall–Kier alpha value is -0.150. The number of rotatable bonds is 1. The number of likely N-dealkylation sites (tertiary alicyclic amines) is 1. The highest BCUT2D eigenvalue weighted by Gasteiger charge is 2.43. The second kappa shape index (κ2) is 5.69. The first-order chi connectivity index (χ1) is 8.76. The summed E-state index contributed by atoms with van der Waals surface area (Å²) >= 11 is 2.28. The van der Waals surface area contributed by atoms with Crippen LogP contribution < -0.4 is 10.6 Å². The van der Waals surface area contributed by atoms with Crippen LogP contribution in [-0.4, -0.2) is 52.1 Å². The first-order valence-corrected chi connectivity index (χ1v) is 7.78. The van der Waals surface area contributed by atoms with Gasteiger partial charge < -0.3 is 4.74 Å². The number of carbonyl (C=O) groups excluding carboxylic acids is 1. The highest BCUT2D eigenvalue weighted by atomic mass is 127. The van der Waals surface area contributed by atoms with E-state index in [-0.39, 0.29) is 18.8 Å². The summed E-state index contributed by atoms with van der Waals surface area (Å²) in [6.07, 6.45) is -1.12. The Morgan fingerprint density at radius 3 is 2.68 bits per heavy atom. The van der Waals surface area contributed by atoms with E-state index in [0.717, 1.165) is 6.54 Å². The lowest BCUT2D eigenvalue weighted by molar-refractivity contribution is 0.0187. The Balaban J connectivity index is 2.03. The molecule has 5 nitrogen and oxygen atoms in total. The van der Waals surface area contributed by atoms with Crippen LogP contribution in [0, 0.1) is 0 Å². The van der Waals surface area contributed by atoms with E-state index in [1.165, 1.54) is 4.90 Å². The number of nitrogens with one attached hydrogen (secondary N) is 2. The van der Waals surface area contributed by atoms with E-state index in [0.29, 0.717) is 10.5 Å². The summed E-state index contributed by atoms with van der Waals surface area (Å²) in [5.74, 6) is 0. The molecule has 2 rings (SSSR count).